The van der Waals surface area contributed by atoms with E-state index in [0.717, 1.165) is 0 Å². The first-order chi connectivity index (χ1) is 9.31. The minimum Gasteiger partial charge on any atom is -0.344 e. The SMILES string of the molecule is CC1(C)O[C@@H]2[C@@H](O1)[C@@H](CN[NH+]=[N-])O[C@H]1OC(C)(C)O[C@@H]12. The Morgan fingerprint density at radius 3 is 2.25 bits per heavy atom. The van der Waals surface area contributed by atoms with Crippen molar-refractivity contribution in [2.24, 2.45) is 0 Å². The van der Waals surface area contributed by atoms with Crippen LogP contribution in [-0.2, 0) is 23.7 Å². The van der Waals surface area contributed by atoms with Gasteiger partial charge in [0.05, 0.1) is 6.10 Å². The number of nitrogens with one attached hydrogen (secondary N) is 2. The molecule has 0 radical (unpaired) electrons. The second-order valence-corrected chi connectivity index (χ2v) is 6.20. The lowest BCUT2D eigenvalue weighted by atomic mass is 9.99. The van der Waals surface area contributed by atoms with Crippen molar-refractivity contribution in [3.05, 3.63) is 5.53 Å². The van der Waals surface area contributed by atoms with Crippen LogP contribution in [0.3, 0.4) is 0 Å². The average molecular weight is 287 g/mol. The minimum absolute atomic E-state index is 0.268. The Bertz CT molecular complexity index is 403. The van der Waals surface area contributed by atoms with Crippen molar-refractivity contribution in [2.75, 3.05) is 6.54 Å². The molecule has 8 nitrogen and oxygen atoms in total. The van der Waals surface area contributed by atoms with E-state index in [9.17, 15) is 0 Å². The Kier molecular flexibility index (Phi) is 3.26. The second-order valence-electron chi connectivity index (χ2n) is 6.20. The van der Waals surface area contributed by atoms with Crippen molar-refractivity contribution in [2.45, 2.75) is 70.0 Å². The van der Waals surface area contributed by atoms with Gasteiger partial charge in [0.2, 0.25) is 0 Å². The third kappa shape index (κ3) is 2.42. The van der Waals surface area contributed by atoms with Crippen LogP contribution in [0.15, 0.2) is 0 Å². The van der Waals surface area contributed by atoms with Crippen LogP contribution in [0.5, 0.6) is 0 Å². The third-order valence-electron chi connectivity index (χ3n) is 3.63. The molecule has 8 heteroatoms. The molecule has 0 aromatic carbocycles. The van der Waals surface area contributed by atoms with Gasteiger partial charge in [-0.25, -0.2) is 0 Å². The van der Waals surface area contributed by atoms with Crippen LogP contribution in [0.2, 0.25) is 0 Å². The van der Waals surface area contributed by atoms with E-state index >= 15 is 0 Å². The van der Waals surface area contributed by atoms with Crippen LogP contribution in [-0.4, -0.2) is 48.8 Å². The normalized spacial score (nSPS) is 44.7. The van der Waals surface area contributed by atoms with Crippen LogP contribution in [0.25, 0.3) is 5.53 Å². The van der Waals surface area contributed by atoms with Gasteiger partial charge in [-0.3, -0.25) is 5.43 Å². The molecule has 0 bridgehead atoms. The van der Waals surface area contributed by atoms with Gasteiger partial charge >= 0.3 is 0 Å². The quantitative estimate of drug-likeness (QED) is 0.510. The fraction of sp³-hybridized carbons (Fsp3) is 1.00. The summed E-state index contributed by atoms with van der Waals surface area (Å²) in [6.07, 6.45) is -1.70. The van der Waals surface area contributed by atoms with Gasteiger partial charge in [-0.1, -0.05) is 0 Å². The van der Waals surface area contributed by atoms with E-state index in [-0.39, 0.29) is 24.4 Å². The number of fused-ring (bicyclic) bond motifs is 3. The lowest BCUT2D eigenvalue weighted by Gasteiger charge is -2.37. The summed E-state index contributed by atoms with van der Waals surface area (Å²) >= 11 is 0. The maximum atomic E-state index is 8.67. The molecule has 3 heterocycles. The van der Waals surface area contributed by atoms with Crippen molar-refractivity contribution < 1.29 is 28.9 Å². The molecule has 0 amide bonds. The molecule has 0 unspecified atom stereocenters. The molecule has 3 saturated heterocycles. The molecule has 0 aliphatic carbocycles. The minimum atomic E-state index is -0.715. The Morgan fingerprint density at radius 1 is 0.950 bits per heavy atom. The lowest BCUT2D eigenvalue weighted by molar-refractivity contribution is -0.551. The van der Waals surface area contributed by atoms with Crippen LogP contribution < -0.4 is 10.6 Å². The average Bonchev–Trinajstić information content (AvgIpc) is 2.80. The molecule has 0 saturated carbocycles. The highest BCUT2D eigenvalue weighted by Crippen LogP contribution is 2.43. The maximum absolute atomic E-state index is 8.67. The van der Waals surface area contributed by atoms with Crippen molar-refractivity contribution in [1.29, 1.82) is 0 Å². The van der Waals surface area contributed by atoms with Gasteiger partial charge < -0.3 is 23.7 Å². The van der Waals surface area contributed by atoms with E-state index in [1.807, 2.05) is 32.9 Å². The molecular formula is C12H21N3O5. The van der Waals surface area contributed by atoms with E-state index in [1.54, 1.807) is 0 Å². The number of hydrogen-bond acceptors (Lipinski definition) is 5. The smallest absolute Gasteiger partial charge is 0.190 e. The van der Waals surface area contributed by atoms with Gasteiger partial charge in [0, 0.05) is 6.54 Å². The predicted molar refractivity (Wildman–Crippen MR) is 64.8 cm³/mol. The topological polar surface area (TPSA) is 94.5 Å². The highest BCUT2D eigenvalue weighted by Gasteiger charge is 2.60. The fourth-order valence-corrected chi connectivity index (χ4v) is 3.00. The van der Waals surface area contributed by atoms with Crippen LogP contribution in [0.1, 0.15) is 27.7 Å². The Morgan fingerprint density at radius 2 is 1.55 bits per heavy atom. The van der Waals surface area contributed by atoms with E-state index in [0.29, 0.717) is 6.54 Å². The molecule has 3 rings (SSSR count). The molecule has 5 atom stereocenters. The standard InChI is InChI=1S/C12H21N3O5/c1-11(2)17-7-6(5-14-15-13)16-10-9(8(7)18-11)19-12(3,4)20-10/h6-10,15H,5H2,1-4H3,(H-,13,14)/t6-,7+,8-,9-,10+/m1/s1. The predicted octanol–water partition coefficient (Wildman–Crippen LogP) is -1.01. The fourth-order valence-electron chi connectivity index (χ4n) is 3.00. The largest absolute Gasteiger partial charge is 0.344 e. The molecule has 2 N–H and O–H groups in total. The zero-order chi connectivity index (χ0) is 14.5. The molecule has 20 heavy (non-hydrogen) atoms. The summed E-state index contributed by atoms with van der Waals surface area (Å²) in [6.45, 7) is 7.75. The van der Waals surface area contributed by atoms with Gasteiger partial charge in [-0.05, 0) is 27.7 Å². The third-order valence-corrected chi connectivity index (χ3v) is 3.63. The van der Waals surface area contributed by atoms with E-state index < -0.39 is 17.9 Å². The Labute approximate surface area is 117 Å². The summed E-state index contributed by atoms with van der Waals surface area (Å²) in [5.41, 5.74) is 11.3. The van der Waals surface area contributed by atoms with Crippen molar-refractivity contribution in [3.63, 3.8) is 0 Å². The highest BCUT2D eigenvalue weighted by molar-refractivity contribution is 5.00. The molecule has 3 aliphatic heterocycles. The first-order valence-electron chi connectivity index (χ1n) is 6.80. The maximum Gasteiger partial charge on any atom is 0.190 e. The molecule has 3 aliphatic rings. The number of hydrogen-bond donors (Lipinski definition) is 2. The Balaban J connectivity index is 1.82. The van der Waals surface area contributed by atoms with E-state index in [4.69, 9.17) is 29.2 Å². The van der Waals surface area contributed by atoms with Crippen LogP contribution in [0.4, 0.5) is 0 Å². The molecule has 0 aromatic heterocycles. The van der Waals surface area contributed by atoms with Crippen molar-refractivity contribution in [1.82, 2.24) is 5.43 Å². The van der Waals surface area contributed by atoms with E-state index in [1.165, 1.54) is 0 Å². The summed E-state index contributed by atoms with van der Waals surface area (Å²) in [5.74, 6) is -1.41. The zero-order valence-corrected chi connectivity index (χ0v) is 12.1. The molecule has 0 spiro atoms. The first kappa shape index (κ1) is 14.2. The van der Waals surface area contributed by atoms with Gasteiger partial charge in [0.25, 0.3) is 0 Å². The monoisotopic (exact) mass is 287 g/mol. The highest BCUT2D eigenvalue weighted by atomic mass is 16.9. The number of hydrazine groups is 1. The van der Waals surface area contributed by atoms with Crippen molar-refractivity contribution in [3.8, 4) is 0 Å². The van der Waals surface area contributed by atoms with Crippen LogP contribution >= 0.6 is 0 Å². The summed E-state index contributed by atoms with van der Waals surface area (Å²) in [7, 11) is 0. The van der Waals surface area contributed by atoms with Gasteiger partial charge in [-0.15, -0.1) is 0 Å². The molecular weight excluding hydrogens is 266 g/mol. The van der Waals surface area contributed by atoms with Gasteiger partial charge in [0.15, 0.2) is 17.9 Å². The summed E-state index contributed by atoms with van der Waals surface area (Å²) in [6, 6.07) is 0. The zero-order valence-electron chi connectivity index (χ0n) is 12.1. The van der Waals surface area contributed by atoms with Crippen molar-refractivity contribution >= 4 is 0 Å². The molecule has 3 fully saturated rings. The number of nitrogens with zero attached hydrogens (tertiary/aromatic N) is 1. The summed E-state index contributed by atoms with van der Waals surface area (Å²) in [4.78, 5) is 0. The van der Waals surface area contributed by atoms with Gasteiger partial charge in [0.1, 0.15) is 18.3 Å². The van der Waals surface area contributed by atoms with E-state index in [2.05, 4.69) is 5.43 Å². The van der Waals surface area contributed by atoms with Crippen LogP contribution in [0, 0.1) is 0 Å². The number of ether oxygens (including phenoxy) is 5. The lowest BCUT2D eigenvalue weighted by Crippen LogP contribution is -2.77. The Hall–Kier alpha value is -0.800. The molecule has 0 aromatic rings. The van der Waals surface area contributed by atoms with Gasteiger partial charge in [-0.2, -0.15) is 10.8 Å². The summed E-state index contributed by atoms with van der Waals surface area (Å²) in [5, 5.41) is 1.89. The summed E-state index contributed by atoms with van der Waals surface area (Å²) < 4.78 is 29.4. The number of rotatable bonds is 3. The second kappa shape index (κ2) is 4.60. The first-order valence-corrected chi connectivity index (χ1v) is 6.80. The molecule has 114 valence electrons.